The highest BCUT2D eigenvalue weighted by Crippen LogP contribution is 2.13. The number of rotatable bonds is 10. The lowest BCUT2D eigenvalue weighted by Crippen LogP contribution is -2.52. The third-order valence-electron chi connectivity index (χ3n) is 5.41. The van der Waals surface area contributed by atoms with Crippen LogP contribution in [-0.2, 0) is 33.7 Å². The monoisotopic (exact) mass is 475 g/mol. The van der Waals surface area contributed by atoms with Crippen molar-refractivity contribution in [3.63, 3.8) is 0 Å². The molecule has 0 aliphatic rings. The molecule has 0 aliphatic heterocycles. The molecule has 0 saturated heterocycles. The second kappa shape index (κ2) is 12.2. The van der Waals surface area contributed by atoms with Gasteiger partial charge in [-0.15, -0.1) is 0 Å². The van der Waals surface area contributed by atoms with E-state index in [-0.39, 0.29) is 25.1 Å². The van der Waals surface area contributed by atoms with Crippen molar-refractivity contribution in [3.05, 3.63) is 101 Å². The first-order chi connectivity index (χ1) is 16.8. The molecular weight excluding hydrogens is 446 g/mol. The van der Waals surface area contributed by atoms with E-state index < -0.39 is 30.1 Å². The summed E-state index contributed by atoms with van der Waals surface area (Å²) in [6, 6.07) is 22.2. The summed E-state index contributed by atoms with van der Waals surface area (Å²) in [4.78, 5) is 37.6. The van der Waals surface area contributed by atoms with Gasteiger partial charge < -0.3 is 26.2 Å². The minimum absolute atomic E-state index is 0.0935. The fourth-order valence-corrected chi connectivity index (χ4v) is 3.52. The zero-order valence-electron chi connectivity index (χ0n) is 19.4. The van der Waals surface area contributed by atoms with Crippen molar-refractivity contribution >= 4 is 17.9 Å². The van der Waals surface area contributed by atoms with Crippen LogP contribution in [0.25, 0.3) is 0 Å². The summed E-state index contributed by atoms with van der Waals surface area (Å²) in [5.74, 6) is -0.942. The maximum absolute atomic E-state index is 13.1. The van der Waals surface area contributed by atoms with E-state index in [1.807, 2.05) is 37.3 Å². The van der Waals surface area contributed by atoms with Crippen molar-refractivity contribution in [1.82, 2.24) is 10.6 Å². The number of primary amides is 1. The lowest BCUT2D eigenvalue weighted by atomic mass is 10.0. The van der Waals surface area contributed by atoms with E-state index in [1.165, 1.54) is 12.1 Å². The molecule has 8 heteroatoms. The predicted molar refractivity (Wildman–Crippen MR) is 131 cm³/mol. The number of phenols is 1. The topological polar surface area (TPSA) is 131 Å². The number of phenolic OH excluding ortho intramolecular Hbond substituents is 1. The van der Waals surface area contributed by atoms with Gasteiger partial charge in [-0.05, 0) is 35.7 Å². The first-order valence-corrected chi connectivity index (χ1v) is 11.2. The molecule has 0 heterocycles. The second-order valence-electron chi connectivity index (χ2n) is 8.25. The smallest absolute Gasteiger partial charge is 0.405 e. The van der Waals surface area contributed by atoms with Crippen LogP contribution in [-0.4, -0.2) is 35.2 Å². The zero-order valence-corrected chi connectivity index (χ0v) is 19.4. The molecule has 0 fully saturated rings. The van der Waals surface area contributed by atoms with Gasteiger partial charge in [0.25, 0.3) is 5.91 Å². The number of nitrogens with two attached hydrogens (primary N) is 1. The van der Waals surface area contributed by atoms with E-state index in [9.17, 15) is 19.5 Å². The first kappa shape index (κ1) is 25.3. The molecule has 182 valence electrons. The summed E-state index contributed by atoms with van der Waals surface area (Å²) in [5, 5.41) is 15.1. The maximum atomic E-state index is 13.1. The van der Waals surface area contributed by atoms with Crippen LogP contribution in [0.4, 0.5) is 4.79 Å². The van der Waals surface area contributed by atoms with Gasteiger partial charge in [0, 0.05) is 19.4 Å². The Bertz CT molecular complexity index is 1130. The molecular formula is C27H29N3O5. The van der Waals surface area contributed by atoms with Crippen LogP contribution in [0.1, 0.15) is 22.3 Å². The average Bonchev–Trinajstić information content (AvgIpc) is 2.84. The second-order valence-corrected chi connectivity index (χ2v) is 8.25. The van der Waals surface area contributed by atoms with Gasteiger partial charge in [-0.3, -0.25) is 9.59 Å². The summed E-state index contributed by atoms with van der Waals surface area (Å²) < 4.78 is 5.07. The number of ether oxygens (including phenoxy) is 1. The molecule has 0 bridgehead atoms. The Balaban J connectivity index is 1.75. The third kappa shape index (κ3) is 8.19. The highest BCUT2D eigenvalue weighted by molar-refractivity contribution is 5.90. The molecule has 0 spiro atoms. The van der Waals surface area contributed by atoms with E-state index in [4.69, 9.17) is 10.5 Å². The number of hydrogen-bond donors (Lipinski definition) is 4. The van der Waals surface area contributed by atoms with Crippen molar-refractivity contribution in [2.45, 2.75) is 38.5 Å². The van der Waals surface area contributed by atoms with Crippen LogP contribution >= 0.6 is 0 Å². The summed E-state index contributed by atoms with van der Waals surface area (Å²) in [6.45, 7) is 2.26. The molecule has 35 heavy (non-hydrogen) atoms. The molecule has 0 saturated carbocycles. The molecule has 3 amide bonds. The van der Waals surface area contributed by atoms with Gasteiger partial charge in [-0.25, -0.2) is 4.79 Å². The van der Waals surface area contributed by atoms with Crippen molar-refractivity contribution in [1.29, 1.82) is 0 Å². The Morgan fingerprint density at radius 2 is 1.43 bits per heavy atom. The maximum Gasteiger partial charge on any atom is 0.405 e. The average molecular weight is 476 g/mol. The number of carbonyl (C=O) groups is 3. The number of carbonyl (C=O) groups excluding carboxylic acids is 3. The van der Waals surface area contributed by atoms with Gasteiger partial charge in [0.2, 0.25) is 5.91 Å². The zero-order chi connectivity index (χ0) is 25.2. The van der Waals surface area contributed by atoms with Crippen LogP contribution < -0.4 is 16.4 Å². The predicted octanol–water partition coefficient (Wildman–Crippen LogP) is 2.75. The van der Waals surface area contributed by atoms with Crippen molar-refractivity contribution < 1.29 is 24.2 Å². The highest BCUT2D eigenvalue weighted by Gasteiger charge is 2.28. The molecule has 0 unspecified atom stereocenters. The Labute approximate surface area is 204 Å². The fraction of sp³-hybridized carbons (Fsp3) is 0.222. The van der Waals surface area contributed by atoms with E-state index >= 15 is 0 Å². The molecule has 0 aliphatic carbocycles. The van der Waals surface area contributed by atoms with Crippen LogP contribution in [0.3, 0.4) is 0 Å². The van der Waals surface area contributed by atoms with Gasteiger partial charge in [-0.1, -0.05) is 72.3 Å². The Kier molecular flexibility index (Phi) is 8.83. The highest BCUT2D eigenvalue weighted by atomic mass is 16.6. The van der Waals surface area contributed by atoms with Crippen molar-refractivity contribution in [2.75, 3.05) is 0 Å². The number of aromatic hydroxyl groups is 1. The van der Waals surface area contributed by atoms with Crippen LogP contribution in [0.15, 0.2) is 78.9 Å². The molecule has 0 aromatic heterocycles. The van der Waals surface area contributed by atoms with Crippen molar-refractivity contribution in [3.8, 4) is 5.75 Å². The third-order valence-corrected chi connectivity index (χ3v) is 5.41. The lowest BCUT2D eigenvalue weighted by Gasteiger charge is -2.22. The van der Waals surface area contributed by atoms with Gasteiger partial charge in [0.05, 0.1) is 0 Å². The quantitative estimate of drug-likeness (QED) is 0.358. The molecule has 8 nitrogen and oxygen atoms in total. The SMILES string of the molecule is Cc1ccc(CNC(=O)[C@H](Cc2ccc(O)cc2)NC(=O)[C@H](Cc2ccccc2)OC(N)=O)cc1. The summed E-state index contributed by atoms with van der Waals surface area (Å²) >= 11 is 0. The van der Waals surface area contributed by atoms with E-state index in [1.54, 1.807) is 36.4 Å². The van der Waals surface area contributed by atoms with E-state index in [2.05, 4.69) is 10.6 Å². The van der Waals surface area contributed by atoms with E-state index in [0.29, 0.717) is 0 Å². The standard InChI is InChI=1S/C27H29N3O5/c1-18-7-9-21(10-8-18)17-29-25(32)23(15-20-11-13-22(31)14-12-20)30-26(33)24(35-27(28)34)16-19-5-3-2-4-6-19/h2-14,23-24,31H,15-17H2,1H3,(H2,28,34)(H,29,32)(H,30,33)/t23-,24-/m0/s1. The van der Waals surface area contributed by atoms with Crippen LogP contribution in [0.5, 0.6) is 5.75 Å². The Morgan fingerprint density at radius 3 is 2.06 bits per heavy atom. The Hall–Kier alpha value is -4.33. The molecule has 3 aromatic rings. The molecule has 2 atom stereocenters. The van der Waals surface area contributed by atoms with Gasteiger partial charge in [0.1, 0.15) is 11.8 Å². The summed E-state index contributed by atoms with van der Waals surface area (Å²) in [5.41, 5.74) is 8.72. The first-order valence-electron chi connectivity index (χ1n) is 11.2. The number of aryl methyl sites for hydroxylation is 1. The summed E-state index contributed by atoms with van der Waals surface area (Å²) in [7, 11) is 0. The number of benzene rings is 3. The van der Waals surface area contributed by atoms with Gasteiger partial charge in [0.15, 0.2) is 6.10 Å². The molecule has 3 rings (SSSR count). The number of amides is 3. The lowest BCUT2D eigenvalue weighted by molar-refractivity contribution is -0.134. The van der Waals surface area contributed by atoms with Gasteiger partial charge in [-0.2, -0.15) is 0 Å². The van der Waals surface area contributed by atoms with Crippen molar-refractivity contribution in [2.24, 2.45) is 5.73 Å². The Morgan fingerprint density at radius 1 is 0.829 bits per heavy atom. The number of hydrogen-bond acceptors (Lipinski definition) is 5. The molecule has 0 radical (unpaired) electrons. The fourth-order valence-electron chi connectivity index (χ4n) is 3.52. The molecule has 3 aromatic carbocycles. The minimum Gasteiger partial charge on any atom is -0.508 e. The van der Waals surface area contributed by atoms with Crippen LogP contribution in [0.2, 0.25) is 0 Å². The molecule has 5 N–H and O–H groups in total. The van der Waals surface area contributed by atoms with Crippen LogP contribution in [0, 0.1) is 6.92 Å². The number of nitrogens with one attached hydrogen (secondary N) is 2. The largest absolute Gasteiger partial charge is 0.508 e. The minimum atomic E-state index is -1.21. The van der Waals surface area contributed by atoms with Gasteiger partial charge >= 0.3 is 6.09 Å². The summed E-state index contributed by atoms with van der Waals surface area (Å²) in [6.07, 6.45) is -2.02. The van der Waals surface area contributed by atoms with E-state index in [0.717, 1.165) is 22.3 Å². The normalized spacial score (nSPS) is 12.3.